The molecule has 4 nitrogen and oxygen atoms in total. The van der Waals surface area contributed by atoms with Gasteiger partial charge in [-0.05, 0) is 12.8 Å². The van der Waals surface area contributed by atoms with Crippen LogP contribution in [0.4, 0.5) is 5.95 Å². The molecule has 0 aromatic carbocycles. The molecule has 72 valence electrons. The first-order valence-electron chi connectivity index (χ1n) is 4.99. The van der Waals surface area contributed by atoms with E-state index in [-0.39, 0.29) is 0 Å². The molecule has 1 fully saturated rings. The summed E-state index contributed by atoms with van der Waals surface area (Å²) in [4.78, 5) is 4.15. The van der Waals surface area contributed by atoms with Crippen molar-refractivity contribution in [3.8, 4) is 0 Å². The zero-order valence-corrected chi connectivity index (χ0v) is 8.03. The van der Waals surface area contributed by atoms with Gasteiger partial charge in [-0.1, -0.05) is 19.3 Å². The largest absolute Gasteiger partial charge is 0.356 e. The third kappa shape index (κ3) is 1.82. The molecule has 0 spiro atoms. The maximum atomic E-state index is 4.35. The highest BCUT2D eigenvalue weighted by molar-refractivity contribution is 5.18. The summed E-state index contributed by atoms with van der Waals surface area (Å²) in [6.07, 6.45) is 8.39. The Morgan fingerprint density at radius 2 is 2.15 bits per heavy atom. The van der Waals surface area contributed by atoms with Crippen molar-refractivity contribution < 1.29 is 0 Å². The summed E-state index contributed by atoms with van der Waals surface area (Å²) < 4.78 is 2.00. The molecule has 1 heterocycles. The fourth-order valence-corrected chi connectivity index (χ4v) is 1.91. The van der Waals surface area contributed by atoms with Crippen LogP contribution >= 0.6 is 0 Å². The van der Waals surface area contributed by atoms with Crippen molar-refractivity contribution in [1.29, 1.82) is 0 Å². The van der Waals surface area contributed by atoms with E-state index in [4.69, 9.17) is 0 Å². The van der Waals surface area contributed by atoms with Crippen molar-refractivity contribution in [3.05, 3.63) is 6.33 Å². The summed E-state index contributed by atoms with van der Waals surface area (Å²) in [6, 6.07) is 0.586. The Labute approximate surface area is 78.4 Å². The lowest BCUT2D eigenvalue weighted by atomic mass is 9.96. The number of anilines is 1. The Morgan fingerprint density at radius 1 is 1.38 bits per heavy atom. The molecule has 0 unspecified atom stereocenters. The van der Waals surface area contributed by atoms with Gasteiger partial charge in [-0.2, -0.15) is 0 Å². The lowest BCUT2D eigenvalue weighted by Crippen LogP contribution is -2.13. The minimum absolute atomic E-state index is 0.586. The molecule has 1 aromatic heterocycles. The summed E-state index contributed by atoms with van der Waals surface area (Å²) in [5.74, 6) is 0.727. The van der Waals surface area contributed by atoms with Crippen LogP contribution in [0, 0.1) is 0 Å². The van der Waals surface area contributed by atoms with E-state index in [9.17, 15) is 0 Å². The van der Waals surface area contributed by atoms with Gasteiger partial charge in [-0.25, -0.2) is 9.67 Å². The first-order valence-corrected chi connectivity index (χ1v) is 4.99. The second kappa shape index (κ2) is 3.77. The van der Waals surface area contributed by atoms with Gasteiger partial charge >= 0.3 is 0 Å². The van der Waals surface area contributed by atoms with Crippen LogP contribution < -0.4 is 5.32 Å². The maximum absolute atomic E-state index is 4.35. The predicted molar refractivity (Wildman–Crippen MR) is 51.7 cm³/mol. The van der Waals surface area contributed by atoms with Gasteiger partial charge in [0.2, 0.25) is 5.95 Å². The second-order valence-corrected chi connectivity index (χ2v) is 3.59. The van der Waals surface area contributed by atoms with Gasteiger partial charge in [-0.3, -0.25) is 0 Å². The minimum atomic E-state index is 0.586. The fourth-order valence-electron chi connectivity index (χ4n) is 1.91. The van der Waals surface area contributed by atoms with Crippen molar-refractivity contribution in [2.24, 2.45) is 0 Å². The molecule has 13 heavy (non-hydrogen) atoms. The third-order valence-corrected chi connectivity index (χ3v) is 2.68. The normalized spacial score (nSPS) is 18.8. The molecular formula is C9H16N4. The van der Waals surface area contributed by atoms with Gasteiger partial charge in [0.05, 0.1) is 6.04 Å². The quantitative estimate of drug-likeness (QED) is 0.755. The molecule has 0 aliphatic heterocycles. The van der Waals surface area contributed by atoms with Crippen molar-refractivity contribution in [2.75, 3.05) is 12.4 Å². The van der Waals surface area contributed by atoms with Crippen LogP contribution in [0.2, 0.25) is 0 Å². The Kier molecular flexibility index (Phi) is 2.47. The van der Waals surface area contributed by atoms with Crippen molar-refractivity contribution >= 4 is 5.95 Å². The molecular weight excluding hydrogens is 164 g/mol. The average Bonchev–Trinajstić information content (AvgIpc) is 2.67. The molecule has 1 aliphatic carbocycles. The van der Waals surface area contributed by atoms with Gasteiger partial charge in [0.25, 0.3) is 0 Å². The Bertz CT molecular complexity index is 262. The van der Waals surface area contributed by atoms with Gasteiger partial charge in [0.15, 0.2) is 0 Å². The van der Waals surface area contributed by atoms with E-state index >= 15 is 0 Å². The minimum Gasteiger partial charge on any atom is -0.356 e. The highest BCUT2D eigenvalue weighted by Gasteiger charge is 2.16. The number of hydrogen-bond donors (Lipinski definition) is 1. The van der Waals surface area contributed by atoms with E-state index < -0.39 is 0 Å². The van der Waals surface area contributed by atoms with E-state index in [1.54, 1.807) is 0 Å². The summed E-state index contributed by atoms with van der Waals surface area (Å²) in [5.41, 5.74) is 0. The number of aromatic nitrogens is 3. The standard InChI is InChI=1S/C9H16N4/c1-10-9-11-7-13(12-9)8-5-3-2-4-6-8/h7-8H,2-6H2,1H3,(H,10,12). The number of rotatable bonds is 2. The highest BCUT2D eigenvalue weighted by atomic mass is 15.4. The third-order valence-electron chi connectivity index (χ3n) is 2.68. The lowest BCUT2D eigenvalue weighted by molar-refractivity contribution is 0.329. The van der Waals surface area contributed by atoms with Gasteiger partial charge in [0.1, 0.15) is 6.33 Å². The first kappa shape index (κ1) is 8.53. The SMILES string of the molecule is CNc1ncn(C2CCCCC2)n1. The van der Waals surface area contributed by atoms with E-state index in [1.165, 1.54) is 32.1 Å². The molecule has 2 rings (SSSR count). The summed E-state index contributed by atoms with van der Waals surface area (Å²) in [5, 5.41) is 7.29. The van der Waals surface area contributed by atoms with Crippen LogP contribution in [0.1, 0.15) is 38.1 Å². The zero-order chi connectivity index (χ0) is 9.10. The first-order chi connectivity index (χ1) is 6.40. The molecule has 0 radical (unpaired) electrons. The zero-order valence-electron chi connectivity index (χ0n) is 8.03. The van der Waals surface area contributed by atoms with Crippen LogP contribution in [-0.4, -0.2) is 21.8 Å². The molecule has 0 amide bonds. The van der Waals surface area contributed by atoms with E-state index in [0.29, 0.717) is 6.04 Å². The molecule has 1 aromatic rings. The van der Waals surface area contributed by atoms with Crippen LogP contribution in [-0.2, 0) is 0 Å². The van der Waals surface area contributed by atoms with Crippen LogP contribution in [0.5, 0.6) is 0 Å². The average molecular weight is 180 g/mol. The van der Waals surface area contributed by atoms with Crippen molar-refractivity contribution in [1.82, 2.24) is 14.8 Å². The van der Waals surface area contributed by atoms with E-state index in [2.05, 4.69) is 15.4 Å². The molecule has 4 heteroatoms. The molecule has 1 saturated carbocycles. The molecule has 1 N–H and O–H groups in total. The smallest absolute Gasteiger partial charge is 0.241 e. The highest BCUT2D eigenvalue weighted by Crippen LogP contribution is 2.27. The predicted octanol–water partition coefficient (Wildman–Crippen LogP) is 1.82. The maximum Gasteiger partial charge on any atom is 0.241 e. The summed E-state index contributed by atoms with van der Waals surface area (Å²) >= 11 is 0. The van der Waals surface area contributed by atoms with Crippen LogP contribution in [0.25, 0.3) is 0 Å². The van der Waals surface area contributed by atoms with Gasteiger partial charge < -0.3 is 5.32 Å². The van der Waals surface area contributed by atoms with Crippen molar-refractivity contribution in [3.63, 3.8) is 0 Å². The van der Waals surface area contributed by atoms with E-state index in [1.807, 2.05) is 18.1 Å². The molecule has 0 atom stereocenters. The number of hydrogen-bond acceptors (Lipinski definition) is 3. The Balaban J connectivity index is 2.05. The van der Waals surface area contributed by atoms with Crippen LogP contribution in [0.15, 0.2) is 6.33 Å². The Morgan fingerprint density at radius 3 is 2.77 bits per heavy atom. The van der Waals surface area contributed by atoms with E-state index in [0.717, 1.165) is 5.95 Å². The molecule has 1 aliphatic rings. The lowest BCUT2D eigenvalue weighted by Gasteiger charge is -2.20. The molecule has 0 bridgehead atoms. The number of nitrogens with one attached hydrogen (secondary N) is 1. The topological polar surface area (TPSA) is 42.7 Å². The van der Waals surface area contributed by atoms with Gasteiger partial charge in [0, 0.05) is 7.05 Å². The summed E-state index contributed by atoms with van der Waals surface area (Å²) in [6.45, 7) is 0. The van der Waals surface area contributed by atoms with Gasteiger partial charge in [-0.15, -0.1) is 5.10 Å². The molecule has 0 saturated heterocycles. The monoisotopic (exact) mass is 180 g/mol. The fraction of sp³-hybridized carbons (Fsp3) is 0.778. The number of nitrogens with zero attached hydrogens (tertiary/aromatic N) is 3. The van der Waals surface area contributed by atoms with Crippen molar-refractivity contribution in [2.45, 2.75) is 38.1 Å². The van der Waals surface area contributed by atoms with Crippen LogP contribution in [0.3, 0.4) is 0 Å². The summed E-state index contributed by atoms with van der Waals surface area (Å²) in [7, 11) is 1.85. The Hall–Kier alpha value is -1.06. The second-order valence-electron chi connectivity index (χ2n) is 3.59.